The van der Waals surface area contributed by atoms with Gasteiger partial charge in [-0.05, 0) is 67.8 Å². The molecule has 1 fully saturated rings. The lowest BCUT2D eigenvalue weighted by Crippen LogP contribution is -2.56. The predicted molar refractivity (Wildman–Crippen MR) is 218 cm³/mol. The molecule has 1 unspecified atom stereocenters. The van der Waals surface area contributed by atoms with Gasteiger partial charge in [-0.1, -0.05) is 35.9 Å². The van der Waals surface area contributed by atoms with E-state index < -0.39 is 30.3 Å². The second-order valence-electron chi connectivity index (χ2n) is 13.5. The molecule has 0 radical (unpaired) electrons. The first-order chi connectivity index (χ1) is 28.6. The van der Waals surface area contributed by atoms with E-state index in [4.69, 9.17) is 40.3 Å². The minimum Gasteiger partial charge on any atom is -0.497 e. The molecule has 3 atom stereocenters. The monoisotopic (exact) mass is 822 g/mol. The van der Waals surface area contributed by atoms with E-state index in [0.717, 1.165) is 16.9 Å². The number of rotatable bonds is 15. The number of fused-ring (bicyclic) bond motifs is 1. The van der Waals surface area contributed by atoms with E-state index >= 15 is 0 Å². The van der Waals surface area contributed by atoms with Crippen LogP contribution in [0.4, 0.5) is 27.9 Å². The van der Waals surface area contributed by atoms with Crippen LogP contribution in [0.3, 0.4) is 0 Å². The predicted octanol–water partition coefficient (Wildman–Crippen LogP) is 5.76. The van der Waals surface area contributed by atoms with Crippen molar-refractivity contribution in [3.63, 3.8) is 0 Å². The van der Waals surface area contributed by atoms with E-state index in [-0.39, 0.29) is 35.4 Å². The number of carbonyl (C=O) groups excluding carboxylic acids is 2. The van der Waals surface area contributed by atoms with Crippen molar-refractivity contribution in [1.29, 1.82) is 10.5 Å². The summed E-state index contributed by atoms with van der Waals surface area (Å²) in [5.41, 5.74) is 3.44. The van der Waals surface area contributed by atoms with Crippen molar-refractivity contribution in [3.05, 3.63) is 94.3 Å². The Morgan fingerprint density at radius 2 is 1.71 bits per heavy atom. The molecule has 59 heavy (non-hydrogen) atoms. The van der Waals surface area contributed by atoms with Gasteiger partial charge in [0.1, 0.15) is 23.7 Å². The highest BCUT2D eigenvalue weighted by molar-refractivity contribution is 6.36. The molecule has 0 spiro atoms. The van der Waals surface area contributed by atoms with Crippen molar-refractivity contribution in [2.45, 2.75) is 51.7 Å². The topological polar surface area (TPSA) is 201 Å². The fraction of sp³-hybridized carbons (Fsp3) is 0.341. The summed E-state index contributed by atoms with van der Waals surface area (Å²) in [7, 11) is 4.44. The van der Waals surface area contributed by atoms with Crippen molar-refractivity contribution in [3.8, 4) is 23.6 Å². The molecule has 3 aromatic carbocycles. The quantitative estimate of drug-likeness (QED) is 0.121. The Morgan fingerprint density at radius 1 is 1.02 bits per heavy atom. The first-order valence-electron chi connectivity index (χ1n) is 18.7. The van der Waals surface area contributed by atoms with Crippen LogP contribution in [-0.2, 0) is 32.2 Å². The Hall–Kier alpha value is -6.82. The number of imidazole rings is 1. The van der Waals surface area contributed by atoms with Crippen LogP contribution in [0.25, 0.3) is 5.65 Å². The molecule has 5 aromatic rings. The minimum absolute atomic E-state index is 0.0922. The molecule has 1 amide bonds. The van der Waals surface area contributed by atoms with Gasteiger partial charge in [0.05, 0.1) is 74.7 Å². The molecule has 1 saturated heterocycles. The van der Waals surface area contributed by atoms with Crippen LogP contribution in [0, 0.1) is 22.7 Å². The zero-order chi connectivity index (χ0) is 42.1. The van der Waals surface area contributed by atoms with Gasteiger partial charge in [-0.2, -0.15) is 20.0 Å². The number of halogens is 1. The third-order valence-electron chi connectivity index (χ3n) is 9.75. The van der Waals surface area contributed by atoms with Gasteiger partial charge in [-0.25, -0.2) is 14.6 Å². The van der Waals surface area contributed by atoms with Gasteiger partial charge in [-0.15, -0.1) is 5.10 Å². The number of methoxy groups -OCH3 is 3. The molecule has 2 aromatic heterocycles. The van der Waals surface area contributed by atoms with Crippen LogP contribution in [0.1, 0.15) is 42.7 Å². The number of nitriles is 2. The molecular formula is C41H43ClN10O7. The molecule has 3 heterocycles. The molecule has 1 aliphatic rings. The average molecular weight is 823 g/mol. The highest BCUT2D eigenvalue weighted by atomic mass is 35.5. The molecule has 0 aliphatic carbocycles. The largest absolute Gasteiger partial charge is 0.497 e. The fourth-order valence-corrected chi connectivity index (χ4v) is 6.77. The van der Waals surface area contributed by atoms with Gasteiger partial charge < -0.3 is 44.1 Å². The van der Waals surface area contributed by atoms with E-state index in [2.05, 4.69) is 32.9 Å². The lowest BCUT2D eigenvalue weighted by atomic mass is 10.0. The normalized spacial score (nSPS) is 15.4. The van der Waals surface area contributed by atoms with Crippen LogP contribution in [0.2, 0.25) is 5.02 Å². The first-order valence-corrected chi connectivity index (χ1v) is 19.0. The smallest absolute Gasteiger partial charge is 0.407 e. The summed E-state index contributed by atoms with van der Waals surface area (Å²) in [6.45, 7) is 5.20. The van der Waals surface area contributed by atoms with Gasteiger partial charge in [0.25, 0.3) is 0 Å². The third-order valence-corrected chi connectivity index (χ3v) is 10.1. The van der Waals surface area contributed by atoms with Crippen LogP contribution in [0.5, 0.6) is 11.5 Å². The summed E-state index contributed by atoms with van der Waals surface area (Å²) in [6, 6.07) is 21.8. The maximum Gasteiger partial charge on any atom is 0.407 e. The Morgan fingerprint density at radius 3 is 2.34 bits per heavy atom. The summed E-state index contributed by atoms with van der Waals surface area (Å²) >= 11 is 7.12. The van der Waals surface area contributed by atoms with E-state index in [1.807, 2.05) is 53.1 Å². The van der Waals surface area contributed by atoms with E-state index in [1.165, 1.54) is 17.8 Å². The van der Waals surface area contributed by atoms with Crippen LogP contribution in [0.15, 0.2) is 66.9 Å². The Balaban J connectivity index is 1.26. The first kappa shape index (κ1) is 41.8. The molecule has 18 heteroatoms. The van der Waals surface area contributed by atoms with Gasteiger partial charge >= 0.3 is 12.1 Å². The number of ether oxygens (including phenoxy) is 5. The maximum absolute atomic E-state index is 13.4. The lowest BCUT2D eigenvalue weighted by Gasteiger charge is -2.40. The van der Waals surface area contributed by atoms with E-state index in [0.29, 0.717) is 54.6 Å². The third kappa shape index (κ3) is 9.84. The van der Waals surface area contributed by atoms with Crippen LogP contribution >= 0.6 is 11.6 Å². The highest BCUT2D eigenvalue weighted by Gasteiger charge is 2.36. The highest BCUT2D eigenvalue weighted by Crippen LogP contribution is 2.38. The number of piperidine rings is 1. The van der Waals surface area contributed by atoms with E-state index in [9.17, 15) is 20.1 Å². The van der Waals surface area contributed by atoms with Gasteiger partial charge in [0, 0.05) is 19.6 Å². The number of hydrogen-bond acceptors (Lipinski definition) is 15. The number of nitrogens with zero attached hydrogens (tertiary/aromatic N) is 8. The van der Waals surface area contributed by atoms with Gasteiger partial charge in [-0.3, -0.25) is 0 Å². The molecular weight excluding hydrogens is 780 g/mol. The number of aromatic nitrogens is 4. The molecule has 1 aliphatic heterocycles. The molecule has 17 nitrogen and oxygen atoms in total. The van der Waals surface area contributed by atoms with E-state index in [1.54, 1.807) is 45.4 Å². The molecule has 0 saturated carbocycles. The zero-order valence-electron chi connectivity index (χ0n) is 33.1. The standard InChI is InChI=1S/C41H43ClN10O7/c1-6-50(22-26-7-11-30(55-3)12-8-26)38-37-45-21-29(20-44)52(37)49-40(48-38)46-33-17-28(19-43)18-34(36(33)42)51-16-15-32(47-41(54)57-5)35(23-51)59-39(53)25(2)58-24-27-9-13-31(56-4)14-10-27/h7-14,17-18,21,25,32,35H,6,15-16,22-24H2,1-5H3,(H,46,49)(H,47,54)/t25?,32-,35-/m1/s1. The number of anilines is 4. The van der Waals surface area contributed by atoms with Crippen molar-refractivity contribution >= 4 is 52.5 Å². The molecule has 6 rings (SSSR count). The van der Waals surface area contributed by atoms with Crippen molar-refractivity contribution in [2.75, 3.05) is 56.1 Å². The van der Waals surface area contributed by atoms with Gasteiger partial charge in [0.2, 0.25) is 5.95 Å². The average Bonchev–Trinajstić information content (AvgIpc) is 3.69. The fourth-order valence-electron chi connectivity index (χ4n) is 6.50. The van der Waals surface area contributed by atoms with Gasteiger partial charge in [0.15, 0.2) is 23.3 Å². The number of amides is 1. The molecule has 306 valence electrons. The van der Waals surface area contributed by atoms with Crippen molar-refractivity contribution in [2.24, 2.45) is 0 Å². The second kappa shape index (κ2) is 19.1. The number of benzene rings is 3. The number of nitrogens with one attached hydrogen (secondary N) is 2. The van der Waals surface area contributed by atoms with Crippen LogP contribution in [-0.4, -0.2) is 90.9 Å². The maximum atomic E-state index is 13.4. The summed E-state index contributed by atoms with van der Waals surface area (Å²) in [5, 5.41) is 30.8. The number of hydrogen-bond donors (Lipinski definition) is 2. The number of carbonyl (C=O) groups is 2. The number of esters is 1. The SMILES string of the molecule is CCN(Cc1ccc(OC)cc1)c1nc(Nc2cc(C#N)cc(N3CC[C@@H](NC(=O)OC)[C@H](OC(=O)C(C)OCc4ccc(OC)cc4)C3)c2Cl)nn2c(C#N)cnc12. The molecule has 0 bridgehead atoms. The van der Waals surface area contributed by atoms with Crippen molar-refractivity contribution < 1.29 is 33.3 Å². The zero-order valence-corrected chi connectivity index (χ0v) is 33.9. The second-order valence-corrected chi connectivity index (χ2v) is 13.8. The Bertz CT molecular complexity index is 2360. The summed E-state index contributed by atoms with van der Waals surface area (Å²) < 4.78 is 28.6. The Labute approximate surface area is 346 Å². The summed E-state index contributed by atoms with van der Waals surface area (Å²) in [4.78, 5) is 38.9. The van der Waals surface area contributed by atoms with Crippen molar-refractivity contribution in [1.82, 2.24) is 24.9 Å². The molecule has 2 N–H and O–H groups in total. The summed E-state index contributed by atoms with van der Waals surface area (Å²) in [6.07, 6.45) is -0.706. The van der Waals surface area contributed by atoms with Crippen LogP contribution < -0.4 is 29.9 Å². The Kier molecular flexibility index (Phi) is 13.5. The minimum atomic E-state index is -0.938. The summed E-state index contributed by atoms with van der Waals surface area (Å²) in [5.74, 6) is 1.35. The lowest BCUT2D eigenvalue weighted by molar-refractivity contribution is -0.164. The number of alkyl carbamates (subject to hydrolysis) is 1.